The van der Waals surface area contributed by atoms with Gasteiger partial charge in [-0.1, -0.05) is 18.2 Å². The Balaban J connectivity index is 2.10. The van der Waals surface area contributed by atoms with E-state index >= 15 is 0 Å². The van der Waals surface area contributed by atoms with Crippen molar-refractivity contribution in [2.24, 2.45) is 0 Å². The van der Waals surface area contributed by atoms with Crippen molar-refractivity contribution in [1.29, 1.82) is 0 Å². The van der Waals surface area contributed by atoms with Crippen LogP contribution in [0.1, 0.15) is 0 Å². The Hall–Kier alpha value is -3.32. The summed E-state index contributed by atoms with van der Waals surface area (Å²) in [5.74, 6) is 0.420. The standard InChI is InChI=1S/C27H30N2O8S/c30-13-9-28(10-14-31)19-5-7-21-24(17-19)37-25-18-20(29(11-15-32)12-16-33)6-8-22(25)27(21)23-3-1-2-4-26(23)38(34,35)36/h1-8,17-18,30-33H,9-16H2/p+1. The number of fused-ring (bicyclic) bond motifs is 2. The second kappa shape index (κ2) is 12.0. The van der Waals surface area contributed by atoms with E-state index in [9.17, 15) is 33.4 Å². The van der Waals surface area contributed by atoms with Gasteiger partial charge in [-0.3, -0.25) is 4.55 Å². The summed E-state index contributed by atoms with van der Waals surface area (Å²) >= 11 is 0. The molecule has 38 heavy (non-hydrogen) atoms. The van der Waals surface area contributed by atoms with Crippen molar-refractivity contribution >= 4 is 26.8 Å². The first-order valence-corrected chi connectivity index (χ1v) is 13.6. The Kier molecular flexibility index (Phi) is 8.77. The van der Waals surface area contributed by atoms with Crippen molar-refractivity contribution in [3.8, 4) is 22.5 Å². The first-order valence-electron chi connectivity index (χ1n) is 12.2. The van der Waals surface area contributed by atoms with Crippen molar-refractivity contribution in [3.05, 3.63) is 66.0 Å². The third kappa shape index (κ3) is 5.73. The molecular formula is C27H31N2O8S+. The second-order valence-electron chi connectivity index (χ2n) is 8.68. The van der Waals surface area contributed by atoms with E-state index < -0.39 is 10.1 Å². The highest BCUT2D eigenvalue weighted by Gasteiger charge is 2.24. The van der Waals surface area contributed by atoms with Crippen LogP contribution in [0.25, 0.3) is 33.4 Å². The number of hydrogen-bond donors (Lipinski definition) is 5. The quantitative estimate of drug-likeness (QED) is 0.106. The Labute approximate surface area is 220 Å². The number of anilines is 1. The SMILES string of the molecule is O=S(=O)(O)c1ccccc1-c1c2ccc(=[N+](CCO)CCO)cc-2oc2cc(N(CCO)CCO)ccc12. The number of nitrogens with zero attached hydrogens (tertiary/aromatic N) is 2. The summed E-state index contributed by atoms with van der Waals surface area (Å²) in [6.45, 7) is 0.700. The Morgan fingerprint density at radius 3 is 2.11 bits per heavy atom. The molecule has 0 bridgehead atoms. The zero-order valence-corrected chi connectivity index (χ0v) is 21.5. The third-order valence-electron chi connectivity index (χ3n) is 6.33. The fourth-order valence-electron chi connectivity index (χ4n) is 4.67. The summed E-state index contributed by atoms with van der Waals surface area (Å²) in [7, 11) is -4.55. The molecule has 0 atom stereocenters. The van der Waals surface area contributed by atoms with E-state index in [4.69, 9.17) is 4.42 Å². The van der Waals surface area contributed by atoms with Crippen LogP contribution in [0.5, 0.6) is 0 Å². The minimum absolute atomic E-state index is 0.116. The van der Waals surface area contributed by atoms with E-state index in [1.165, 1.54) is 12.1 Å². The molecule has 0 saturated heterocycles. The normalized spacial score (nSPS) is 11.8. The van der Waals surface area contributed by atoms with Gasteiger partial charge in [-0.15, -0.1) is 0 Å². The predicted octanol–water partition coefficient (Wildman–Crippen LogP) is 0.999. The molecule has 0 radical (unpaired) electrons. The molecule has 0 spiro atoms. The van der Waals surface area contributed by atoms with E-state index in [1.54, 1.807) is 58.0 Å². The van der Waals surface area contributed by atoms with E-state index in [0.29, 0.717) is 70.6 Å². The van der Waals surface area contributed by atoms with Gasteiger partial charge in [0.15, 0.2) is 13.1 Å². The molecule has 0 aromatic heterocycles. The third-order valence-corrected chi connectivity index (χ3v) is 7.25. The monoisotopic (exact) mass is 543 g/mol. The predicted molar refractivity (Wildman–Crippen MR) is 144 cm³/mol. The molecule has 1 aliphatic heterocycles. The Morgan fingerprint density at radius 1 is 0.789 bits per heavy atom. The van der Waals surface area contributed by atoms with Crippen molar-refractivity contribution in [2.45, 2.75) is 4.90 Å². The highest BCUT2D eigenvalue weighted by atomic mass is 32.2. The van der Waals surface area contributed by atoms with Crippen LogP contribution < -0.4 is 14.8 Å². The maximum Gasteiger partial charge on any atom is 0.295 e. The van der Waals surface area contributed by atoms with Crippen LogP contribution in [0.4, 0.5) is 5.69 Å². The lowest BCUT2D eigenvalue weighted by molar-refractivity contribution is 0.250. The fourth-order valence-corrected chi connectivity index (χ4v) is 5.37. The molecule has 202 valence electrons. The van der Waals surface area contributed by atoms with Crippen molar-refractivity contribution in [3.63, 3.8) is 0 Å². The van der Waals surface area contributed by atoms with Gasteiger partial charge in [0.2, 0.25) is 5.36 Å². The van der Waals surface area contributed by atoms with Crippen LogP contribution in [0.15, 0.2) is 70.0 Å². The van der Waals surface area contributed by atoms with Gasteiger partial charge in [-0.05, 0) is 24.3 Å². The van der Waals surface area contributed by atoms with Gasteiger partial charge in [0.1, 0.15) is 29.5 Å². The van der Waals surface area contributed by atoms with Gasteiger partial charge >= 0.3 is 0 Å². The number of aliphatic hydroxyl groups excluding tert-OH is 4. The molecule has 0 fully saturated rings. The molecule has 5 N–H and O–H groups in total. The lowest BCUT2D eigenvalue weighted by Gasteiger charge is -2.24. The summed E-state index contributed by atoms with van der Waals surface area (Å²) in [5, 5.41) is 39.2. The van der Waals surface area contributed by atoms with Crippen LogP contribution >= 0.6 is 0 Å². The zero-order chi connectivity index (χ0) is 27.3. The number of rotatable bonds is 11. The average Bonchev–Trinajstić information content (AvgIpc) is 2.90. The molecule has 0 amide bonds. The van der Waals surface area contributed by atoms with E-state index in [0.717, 1.165) is 0 Å². The molecule has 2 aromatic rings. The molecule has 11 heteroatoms. The zero-order valence-electron chi connectivity index (χ0n) is 20.7. The van der Waals surface area contributed by atoms with Gasteiger partial charge in [0.25, 0.3) is 10.1 Å². The van der Waals surface area contributed by atoms with Gasteiger partial charge in [0, 0.05) is 53.0 Å². The smallest absolute Gasteiger partial charge is 0.295 e. The molecule has 1 heterocycles. The second-order valence-corrected chi connectivity index (χ2v) is 10.1. The minimum Gasteiger partial charge on any atom is -0.456 e. The fraction of sp³-hybridized carbons (Fsp3) is 0.296. The first-order chi connectivity index (χ1) is 18.3. The average molecular weight is 544 g/mol. The van der Waals surface area contributed by atoms with E-state index in [-0.39, 0.29) is 31.3 Å². The first kappa shape index (κ1) is 27.7. The minimum atomic E-state index is -4.55. The van der Waals surface area contributed by atoms with Crippen LogP contribution in [0, 0.1) is 0 Å². The summed E-state index contributed by atoms with van der Waals surface area (Å²) in [6.07, 6.45) is 0. The highest BCUT2D eigenvalue weighted by molar-refractivity contribution is 7.86. The maximum absolute atomic E-state index is 12.3. The highest BCUT2D eigenvalue weighted by Crippen LogP contribution is 2.42. The van der Waals surface area contributed by atoms with Crippen LogP contribution in [-0.2, 0) is 10.1 Å². The molecule has 1 aliphatic carbocycles. The summed E-state index contributed by atoms with van der Waals surface area (Å²) in [4.78, 5) is 1.55. The van der Waals surface area contributed by atoms with Gasteiger partial charge in [0.05, 0.1) is 19.3 Å². The maximum atomic E-state index is 12.3. The van der Waals surface area contributed by atoms with Gasteiger partial charge < -0.3 is 29.7 Å². The van der Waals surface area contributed by atoms with Crippen LogP contribution in [0.3, 0.4) is 0 Å². The van der Waals surface area contributed by atoms with E-state index in [1.807, 2.05) is 0 Å². The van der Waals surface area contributed by atoms with Crippen LogP contribution in [0.2, 0.25) is 0 Å². The molecule has 2 aromatic carbocycles. The van der Waals surface area contributed by atoms with Gasteiger partial charge in [-0.2, -0.15) is 8.42 Å². The topological polar surface area (TPSA) is 155 Å². The summed E-state index contributed by atoms with van der Waals surface area (Å²) in [6, 6.07) is 16.8. The summed E-state index contributed by atoms with van der Waals surface area (Å²) in [5.41, 5.74) is 2.55. The van der Waals surface area contributed by atoms with Gasteiger partial charge in [-0.25, -0.2) is 4.58 Å². The largest absolute Gasteiger partial charge is 0.456 e. The molecule has 10 nitrogen and oxygen atoms in total. The number of aliphatic hydroxyl groups is 4. The molecule has 4 rings (SSSR count). The Morgan fingerprint density at radius 2 is 1.47 bits per heavy atom. The lowest BCUT2D eigenvalue weighted by Crippen LogP contribution is -2.34. The molecule has 0 saturated carbocycles. The van der Waals surface area contributed by atoms with Crippen molar-refractivity contribution in [1.82, 2.24) is 4.58 Å². The van der Waals surface area contributed by atoms with E-state index in [2.05, 4.69) is 0 Å². The number of benzene rings is 3. The number of hydrogen-bond acceptors (Lipinski definition) is 8. The molecule has 2 aliphatic rings. The summed E-state index contributed by atoms with van der Waals surface area (Å²) < 4.78 is 42.7. The molecule has 0 unspecified atom stereocenters. The molecular weight excluding hydrogens is 512 g/mol. The van der Waals surface area contributed by atoms with Crippen molar-refractivity contribution in [2.75, 3.05) is 57.5 Å². The Bertz CT molecular complexity index is 1550. The lowest BCUT2D eigenvalue weighted by atomic mass is 9.93. The van der Waals surface area contributed by atoms with Crippen LogP contribution in [-0.4, -0.2) is 86.0 Å². The van der Waals surface area contributed by atoms with Crippen molar-refractivity contribution < 1.29 is 37.8 Å².